The second-order valence-corrected chi connectivity index (χ2v) is 4.90. The van der Waals surface area contributed by atoms with Crippen LogP contribution in [0.3, 0.4) is 0 Å². The van der Waals surface area contributed by atoms with Crippen LogP contribution in [-0.2, 0) is 16.0 Å². The average molecular weight is 276 g/mol. The highest BCUT2D eigenvalue weighted by Crippen LogP contribution is 2.12. The van der Waals surface area contributed by atoms with Crippen LogP contribution in [0.4, 0.5) is 5.69 Å². The SMILES string of the molecule is CCc1cccc(NC(=O)CCCCCNC(C)=O)c1. The number of hydrogen-bond donors (Lipinski definition) is 2. The molecule has 0 radical (unpaired) electrons. The molecule has 1 rings (SSSR count). The molecule has 2 amide bonds. The van der Waals surface area contributed by atoms with E-state index in [1.54, 1.807) is 0 Å². The van der Waals surface area contributed by atoms with Gasteiger partial charge in [0.05, 0.1) is 0 Å². The van der Waals surface area contributed by atoms with Crippen molar-refractivity contribution in [2.75, 3.05) is 11.9 Å². The summed E-state index contributed by atoms with van der Waals surface area (Å²) in [6.07, 6.45) is 4.20. The van der Waals surface area contributed by atoms with Crippen LogP contribution >= 0.6 is 0 Å². The summed E-state index contributed by atoms with van der Waals surface area (Å²) in [7, 11) is 0. The number of hydrogen-bond acceptors (Lipinski definition) is 2. The molecule has 4 heteroatoms. The molecular weight excluding hydrogens is 252 g/mol. The fraction of sp³-hybridized carbons (Fsp3) is 0.500. The predicted molar refractivity (Wildman–Crippen MR) is 81.6 cm³/mol. The van der Waals surface area contributed by atoms with Gasteiger partial charge in [-0.15, -0.1) is 0 Å². The van der Waals surface area contributed by atoms with Crippen molar-refractivity contribution in [3.8, 4) is 0 Å². The summed E-state index contributed by atoms with van der Waals surface area (Å²) >= 11 is 0. The third-order valence-corrected chi connectivity index (χ3v) is 3.07. The number of benzene rings is 1. The quantitative estimate of drug-likeness (QED) is 0.717. The van der Waals surface area contributed by atoms with Gasteiger partial charge in [0.25, 0.3) is 0 Å². The normalized spacial score (nSPS) is 10.1. The summed E-state index contributed by atoms with van der Waals surface area (Å²) in [5.41, 5.74) is 2.09. The lowest BCUT2D eigenvalue weighted by molar-refractivity contribution is -0.119. The fourth-order valence-electron chi connectivity index (χ4n) is 1.94. The molecule has 1 aromatic carbocycles. The Morgan fingerprint density at radius 1 is 1.15 bits per heavy atom. The molecular formula is C16H24N2O2. The molecule has 1 aromatic rings. The van der Waals surface area contributed by atoms with E-state index in [2.05, 4.69) is 23.6 Å². The monoisotopic (exact) mass is 276 g/mol. The minimum atomic E-state index is -0.00134. The van der Waals surface area contributed by atoms with Gasteiger partial charge in [0.2, 0.25) is 11.8 Å². The zero-order valence-electron chi connectivity index (χ0n) is 12.4. The number of carbonyl (C=O) groups is 2. The van der Waals surface area contributed by atoms with Crippen LogP contribution < -0.4 is 10.6 Å². The van der Waals surface area contributed by atoms with Gasteiger partial charge in [-0.2, -0.15) is 0 Å². The number of aryl methyl sites for hydroxylation is 1. The first-order chi connectivity index (χ1) is 9.61. The smallest absolute Gasteiger partial charge is 0.224 e. The maximum atomic E-state index is 11.8. The Morgan fingerprint density at radius 2 is 1.95 bits per heavy atom. The van der Waals surface area contributed by atoms with Gasteiger partial charge in [-0.1, -0.05) is 25.5 Å². The third-order valence-electron chi connectivity index (χ3n) is 3.07. The third kappa shape index (κ3) is 6.92. The molecule has 0 fully saturated rings. The Hall–Kier alpha value is -1.84. The van der Waals surface area contributed by atoms with Crippen molar-refractivity contribution in [3.05, 3.63) is 29.8 Å². The number of amides is 2. The summed E-state index contributed by atoms with van der Waals surface area (Å²) in [4.78, 5) is 22.4. The van der Waals surface area contributed by atoms with Crippen LogP contribution in [0.25, 0.3) is 0 Å². The maximum Gasteiger partial charge on any atom is 0.224 e. The van der Waals surface area contributed by atoms with Gasteiger partial charge in [0, 0.05) is 25.6 Å². The highest BCUT2D eigenvalue weighted by Gasteiger charge is 2.02. The zero-order valence-corrected chi connectivity index (χ0v) is 12.4. The first-order valence-corrected chi connectivity index (χ1v) is 7.25. The standard InChI is InChI=1S/C16H24N2O2/c1-3-14-8-7-9-15(12-14)18-16(20)10-5-4-6-11-17-13(2)19/h7-9,12H,3-6,10-11H2,1-2H3,(H,17,19)(H,18,20). The molecule has 0 aliphatic heterocycles. The molecule has 4 nitrogen and oxygen atoms in total. The number of anilines is 1. The molecule has 0 saturated heterocycles. The molecule has 0 bridgehead atoms. The van der Waals surface area contributed by atoms with Crippen LogP contribution in [0.1, 0.15) is 45.1 Å². The van der Waals surface area contributed by atoms with E-state index >= 15 is 0 Å². The Balaban J connectivity index is 2.18. The molecule has 0 aromatic heterocycles. The van der Waals surface area contributed by atoms with E-state index in [0.717, 1.165) is 31.4 Å². The maximum absolute atomic E-state index is 11.8. The van der Waals surface area contributed by atoms with Gasteiger partial charge in [-0.3, -0.25) is 9.59 Å². The summed E-state index contributed by atoms with van der Waals surface area (Å²) in [5, 5.41) is 5.66. The van der Waals surface area contributed by atoms with Crippen molar-refractivity contribution in [1.29, 1.82) is 0 Å². The summed E-state index contributed by atoms with van der Waals surface area (Å²) in [5.74, 6) is 0.0522. The number of carbonyl (C=O) groups excluding carboxylic acids is 2. The van der Waals surface area contributed by atoms with Crippen molar-refractivity contribution in [2.45, 2.75) is 46.0 Å². The number of rotatable bonds is 8. The molecule has 0 saturated carbocycles. The lowest BCUT2D eigenvalue weighted by Crippen LogP contribution is -2.20. The van der Waals surface area contributed by atoms with Crippen LogP contribution in [-0.4, -0.2) is 18.4 Å². The first kappa shape index (κ1) is 16.2. The molecule has 2 N–H and O–H groups in total. The van der Waals surface area contributed by atoms with Crippen LogP contribution in [0.2, 0.25) is 0 Å². The largest absolute Gasteiger partial charge is 0.356 e. The minimum Gasteiger partial charge on any atom is -0.356 e. The highest BCUT2D eigenvalue weighted by atomic mass is 16.2. The predicted octanol–water partition coefficient (Wildman–Crippen LogP) is 2.88. The molecule has 0 unspecified atom stereocenters. The number of unbranched alkanes of at least 4 members (excludes halogenated alkanes) is 2. The van der Waals surface area contributed by atoms with Gasteiger partial charge in [0.1, 0.15) is 0 Å². The molecule has 0 spiro atoms. The first-order valence-electron chi connectivity index (χ1n) is 7.25. The summed E-state index contributed by atoms with van der Waals surface area (Å²) in [6.45, 7) is 4.30. The van der Waals surface area contributed by atoms with E-state index in [1.165, 1.54) is 12.5 Å². The topological polar surface area (TPSA) is 58.2 Å². The van der Waals surface area contributed by atoms with E-state index in [0.29, 0.717) is 13.0 Å². The van der Waals surface area contributed by atoms with Gasteiger partial charge in [-0.05, 0) is 37.0 Å². The Bertz CT molecular complexity index is 444. The highest BCUT2D eigenvalue weighted by molar-refractivity contribution is 5.90. The van der Waals surface area contributed by atoms with E-state index in [4.69, 9.17) is 0 Å². The van der Waals surface area contributed by atoms with Gasteiger partial charge in [-0.25, -0.2) is 0 Å². The zero-order chi connectivity index (χ0) is 14.8. The van der Waals surface area contributed by atoms with Crippen molar-refractivity contribution in [2.24, 2.45) is 0 Å². The lowest BCUT2D eigenvalue weighted by atomic mass is 10.1. The van der Waals surface area contributed by atoms with Crippen LogP contribution in [0.15, 0.2) is 24.3 Å². The van der Waals surface area contributed by atoms with Crippen molar-refractivity contribution in [3.63, 3.8) is 0 Å². The number of nitrogens with one attached hydrogen (secondary N) is 2. The van der Waals surface area contributed by atoms with E-state index in [1.807, 2.05) is 18.2 Å². The van der Waals surface area contributed by atoms with E-state index < -0.39 is 0 Å². The summed E-state index contributed by atoms with van der Waals surface area (Å²) < 4.78 is 0. The fourth-order valence-corrected chi connectivity index (χ4v) is 1.94. The molecule has 110 valence electrons. The minimum absolute atomic E-state index is 0.00134. The molecule has 0 atom stereocenters. The van der Waals surface area contributed by atoms with E-state index in [9.17, 15) is 9.59 Å². The van der Waals surface area contributed by atoms with Gasteiger partial charge < -0.3 is 10.6 Å². The van der Waals surface area contributed by atoms with Crippen LogP contribution in [0, 0.1) is 0 Å². The Labute approximate surface area is 121 Å². The average Bonchev–Trinajstić information content (AvgIpc) is 2.42. The Kier molecular flexibility index (Phi) is 7.40. The molecule has 0 aliphatic carbocycles. The van der Waals surface area contributed by atoms with Gasteiger partial charge in [0.15, 0.2) is 0 Å². The Morgan fingerprint density at radius 3 is 2.65 bits per heavy atom. The van der Waals surface area contributed by atoms with Crippen molar-refractivity contribution in [1.82, 2.24) is 5.32 Å². The lowest BCUT2D eigenvalue weighted by Gasteiger charge is -2.07. The van der Waals surface area contributed by atoms with Crippen LogP contribution in [0.5, 0.6) is 0 Å². The summed E-state index contributed by atoms with van der Waals surface area (Å²) in [6, 6.07) is 7.93. The molecule has 0 heterocycles. The molecule has 0 aliphatic rings. The second-order valence-electron chi connectivity index (χ2n) is 4.90. The van der Waals surface area contributed by atoms with Crippen molar-refractivity contribution < 1.29 is 9.59 Å². The molecule has 20 heavy (non-hydrogen) atoms. The second kappa shape index (κ2) is 9.13. The van der Waals surface area contributed by atoms with Crippen molar-refractivity contribution >= 4 is 17.5 Å². The van der Waals surface area contributed by atoms with E-state index in [-0.39, 0.29) is 11.8 Å². The van der Waals surface area contributed by atoms with Gasteiger partial charge >= 0.3 is 0 Å².